The Kier molecular flexibility index (Phi) is 2.51. The van der Waals surface area contributed by atoms with Crippen molar-refractivity contribution in [1.29, 1.82) is 0 Å². The first kappa shape index (κ1) is 11.1. The molecule has 1 aromatic rings. The maximum atomic E-state index is 11.3. The molecule has 2 aliphatic carbocycles. The smallest absolute Gasteiger partial charge is 0.272 e. The molecule has 1 fully saturated rings. The SMILES string of the molecule is O=CC1C2C=CC(C2)C1c1ccccc1[N+](=O)[O-]. The average molecular weight is 243 g/mol. The summed E-state index contributed by atoms with van der Waals surface area (Å²) in [6.07, 6.45) is 6.09. The average Bonchev–Trinajstić information content (AvgIpc) is 2.98. The van der Waals surface area contributed by atoms with Crippen LogP contribution in [0.15, 0.2) is 36.4 Å². The van der Waals surface area contributed by atoms with Crippen LogP contribution in [0, 0.1) is 27.9 Å². The molecule has 92 valence electrons. The summed E-state index contributed by atoms with van der Waals surface area (Å²) in [4.78, 5) is 22.0. The van der Waals surface area contributed by atoms with E-state index in [0.29, 0.717) is 5.56 Å². The van der Waals surface area contributed by atoms with Crippen molar-refractivity contribution in [1.82, 2.24) is 0 Å². The normalized spacial score (nSPS) is 32.7. The Bertz CT molecular complexity index is 538. The maximum Gasteiger partial charge on any atom is 0.272 e. The van der Waals surface area contributed by atoms with Crippen molar-refractivity contribution in [3.8, 4) is 0 Å². The molecular weight excluding hydrogens is 230 g/mol. The molecule has 4 unspecified atom stereocenters. The van der Waals surface area contributed by atoms with E-state index in [1.807, 2.05) is 0 Å². The highest BCUT2D eigenvalue weighted by atomic mass is 16.6. The molecule has 4 nitrogen and oxygen atoms in total. The highest BCUT2D eigenvalue weighted by molar-refractivity contribution is 5.61. The summed E-state index contributed by atoms with van der Waals surface area (Å²) in [6.45, 7) is 0. The fraction of sp³-hybridized carbons (Fsp3) is 0.357. The maximum absolute atomic E-state index is 11.3. The second-order valence-electron chi connectivity index (χ2n) is 5.00. The van der Waals surface area contributed by atoms with E-state index in [2.05, 4.69) is 12.2 Å². The third-order valence-corrected chi connectivity index (χ3v) is 4.17. The molecule has 0 heterocycles. The van der Waals surface area contributed by atoms with Gasteiger partial charge in [0.1, 0.15) is 6.29 Å². The summed E-state index contributed by atoms with van der Waals surface area (Å²) in [5.74, 6) is 0.392. The number of benzene rings is 1. The standard InChI is InChI=1S/C14H13NO3/c16-8-12-9-5-6-10(7-9)14(12)11-3-1-2-4-13(11)15(17)18/h1-6,8-10,12,14H,7H2. The van der Waals surface area contributed by atoms with Crippen molar-refractivity contribution in [3.63, 3.8) is 0 Å². The van der Waals surface area contributed by atoms with Crippen LogP contribution < -0.4 is 0 Å². The molecule has 0 spiro atoms. The lowest BCUT2D eigenvalue weighted by molar-refractivity contribution is -0.385. The van der Waals surface area contributed by atoms with Gasteiger partial charge in [-0.3, -0.25) is 10.1 Å². The minimum Gasteiger partial charge on any atom is -0.303 e. The van der Waals surface area contributed by atoms with Gasteiger partial charge in [-0.2, -0.15) is 0 Å². The lowest BCUT2D eigenvalue weighted by atomic mass is 9.79. The van der Waals surface area contributed by atoms with Gasteiger partial charge in [0.2, 0.25) is 0 Å². The van der Waals surface area contributed by atoms with E-state index >= 15 is 0 Å². The molecule has 0 aromatic heterocycles. The van der Waals surface area contributed by atoms with Gasteiger partial charge >= 0.3 is 0 Å². The number of hydrogen-bond donors (Lipinski definition) is 0. The van der Waals surface area contributed by atoms with E-state index in [-0.39, 0.29) is 34.3 Å². The summed E-state index contributed by atoms with van der Waals surface area (Å²) in [6, 6.07) is 6.78. The molecule has 0 aliphatic heterocycles. The van der Waals surface area contributed by atoms with Gasteiger partial charge in [0.05, 0.1) is 4.92 Å². The number of nitrogens with zero attached hydrogens (tertiary/aromatic N) is 1. The molecule has 3 rings (SSSR count). The number of rotatable bonds is 3. The van der Waals surface area contributed by atoms with Crippen LogP contribution in [0.2, 0.25) is 0 Å². The van der Waals surface area contributed by atoms with E-state index in [4.69, 9.17) is 0 Å². The number of aldehydes is 1. The third kappa shape index (κ3) is 1.49. The summed E-state index contributed by atoms with van der Waals surface area (Å²) >= 11 is 0. The Morgan fingerprint density at radius 2 is 1.94 bits per heavy atom. The van der Waals surface area contributed by atoms with Crippen molar-refractivity contribution in [2.45, 2.75) is 12.3 Å². The predicted molar refractivity (Wildman–Crippen MR) is 66.1 cm³/mol. The molecular formula is C14H13NO3. The van der Waals surface area contributed by atoms with Crippen molar-refractivity contribution < 1.29 is 9.72 Å². The Balaban J connectivity index is 2.07. The number of nitro groups is 1. The highest BCUT2D eigenvalue weighted by Gasteiger charge is 2.46. The van der Waals surface area contributed by atoms with E-state index in [1.165, 1.54) is 6.07 Å². The Morgan fingerprint density at radius 1 is 1.22 bits per heavy atom. The lowest BCUT2D eigenvalue weighted by Gasteiger charge is -2.23. The molecule has 2 aliphatic rings. The third-order valence-electron chi connectivity index (χ3n) is 4.17. The Hall–Kier alpha value is -1.97. The van der Waals surface area contributed by atoms with E-state index < -0.39 is 0 Å². The van der Waals surface area contributed by atoms with Crippen molar-refractivity contribution in [3.05, 3.63) is 52.1 Å². The van der Waals surface area contributed by atoms with Gasteiger partial charge in [-0.15, -0.1) is 0 Å². The second-order valence-corrected chi connectivity index (χ2v) is 5.00. The quantitative estimate of drug-likeness (QED) is 0.355. The van der Waals surface area contributed by atoms with Crippen LogP contribution in [0.25, 0.3) is 0 Å². The molecule has 1 aromatic carbocycles. The molecule has 0 N–H and O–H groups in total. The van der Waals surface area contributed by atoms with E-state index in [9.17, 15) is 14.9 Å². The number of allylic oxidation sites excluding steroid dienone is 2. The molecule has 4 heteroatoms. The fourth-order valence-electron chi connectivity index (χ4n) is 3.42. The van der Waals surface area contributed by atoms with Gasteiger partial charge in [-0.1, -0.05) is 30.4 Å². The first-order chi connectivity index (χ1) is 8.72. The van der Waals surface area contributed by atoms with Crippen LogP contribution in [0.4, 0.5) is 5.69 Å². The molecule has 0 saturated heterocycles. The molecule has 0 amide bonds. The van der Waals surface area contributed by atoms with Gasteiger partial charge in [0, 0.05) is 23.5 Å². The monoisotopic (exact) mass is 243 g/mol. The summed E-state index contributed by atoms with van der Waals surface area (Å²) < 4.78 is 0. The van der Waals surface area contributed by atoms with Crippen LogP contribution in [0.5, 0.6) is 0 Å². The van der Waals surface area contributed by atoms with Gasteiger partial charge in [-0.05, 0) is 18.3 Å². The lowest BCUT2D eigenvalue weighted by Crippen LogP contribution is -2.19. The first-order valence-electron chi connectivity index (χ1n) is 6.09. The number of fused-ring (bicyclic) bond motifs is 2. The molecule has 18 heavy (non-hydrogen) atoms. The van der Waals surface area contributed by atoms with Crippen LogP contribution >= 0.6 is 0 Å². The second kappa shape index (κ2) is 4.05. The molecule has 2 bridgehead atoms. The van der Waals surface area contributed by atoms with Crippen LogP contribution in [-0.2, 0) is 4.79 Å². The van der Waals surface area contributed by atoms with E-state index in [1.54, 1.807) is 18.2 Å². The fourth-order valence-corrected chi connectivity index (χ4v) is 3.42. The minimum atomic E-state index is -0.354. The minimum absolute atomic E-state index is 0.0286. The zero-order chi connectivity index (χ0) is 12.7. The van der Waals surface area contributed by atoms with Gasteiger partial charge in [-0.25, -0.2) is 0 Å². The van der Waals surface area contributed by atoms with Crippen LogP contribution in [-0.4, -0.2) is 11.2 Å². The van der Waals surface area contributed by atoms with Crippen LogP contribution in [0.3, 0.4) is 0 Å². The number of hydrogen-bond acceptors (Lipinski definition) is 3. The van der Waals surface area contributed by atoms with Crippen molar-refractivity contribution >= 4 is 12.0 Å². The number of carbonyl (C=O) groups excluding carboxylic acids is 1. The number of para-hydroxylation sites is 1. The highest BCUT2D eigenvalue weighted by Crippen LogP contribution is 2.53. The largest absolute Gasteiger partial charge is 0.303 e. The number of nitro benzene ring substituents is 1. The van der Waals surface area contributed by atoms with Gasteiger partial charge in [0.15, 0.2) is 0 Å². The van der Waals surface area contributed by atoms with Gasteiger partial charge in [0.25, 0.3) is 5.69 Å². The Morgan fingerprint density at radius 3 is 2.67 bits per heavy atom. The Labute approximate surface area is 104 Å². The zero-order valence-corrected chi connectivity index (χ0v) is 9.73. The molecule has 4 atom stereocenters. The topological polar surface area (TPSA) is 60.2 Å². The zero-order valence-electron chi connectivity index (χ0n) is 9.73. The summed E-state index contributed by atoms with van der Waals surface area (Å²) in [5.41, 5.74) is 0.840. The van der Waals surface area contributed by atoms with Crippen LogP contribution in [0.1, 0.15) is 17.9 Å². The van der Waals surface area contributed by atoms with Crippen molar-refractivity contribution in [2.24, 2.45) is 17.8 Å². The van der Waals surface area contributed by atoms with E-state index in [0.717, 1.165) is 12.7 Å². The number of carbonyl (C=O) groups is 1. The molecule has 1 saturated carbocycles. The molecule has 0 radical (unpaired) electrons. The predicted octanol–water partition coefficient (Wildman–Crippen LogP) is 2.70. The summed E-state index contributed by atoms with van der Waals surface area (Å²) in [5, 5.41) is 11.1. The van der Waals surface area contributed by atoms with Crippen molar-refractivity contribution in [2.75, 3.05) is 0 Å². The van der Waals surface area contributed by atoms with Gasteiger partial charge < -0.3 is 4.79 Å². The summed E-state index contributed by atoms with van der Waals surface area (Å²) in [7, 11) is 0. The first-order valence-corrected chi connectivity index (χ1v) is 6.09.